The van der Waals surface area contributed by atoms with Crippen LogP contribution < -0.4 is 9.64 Å². The monoisotopic (exact) mass is 366 g/mol. The molecule has 1 heterocycles. The van der Waals surface area contributed by atoms with E-state index in [1.807, 2.05) is 12.1 Å². The van der Waals surface area contributed by atoms with Crippen LogP contribution in [0.15, 0.2) is 66.7 Å². The highest BCUT2D eigenvalue weighted by atomic mass is 35.5. The van der Waals surface area contributed by atoms with Gasteiger partial charge < -0.3 is 9.64 Å². The topological polar surface area (TPSA) is 15.7 Å². The van der Waals surface area contributed by atoms with Crippen molar-refractivity contribution in [1.29, 1.82) is 0 Å². The van der Waals surface area contributed by atoms with E-state index >= 15 is 0 Å². The molecule has 0 aromatic heterocycles. The van der Waals surface area contributed by atoms with Crippen LogP contribution in [0, 0.1) is 0 Å². The normalized spacial score (nSPS) is 15.3. The maximum atomic E-state index is 5.97. The minimum Gasteiger partial charge on any atom is -0.492 e. The fourth-order valence-corrected chi connectivity index (χ4v) is 3.56. The molecule has 3 aromatic carbocycles. The van der Waals surface area contributed by atoms with Gasteiger partial charge in [0.05, 0.1) is 0 Å². The minimum absolute atomic E-state index is 0.722. The zero-order valence-electron chi connectivity index (χ0n) is 14.8. The Kier molecular flexibility index (Phi) is 5.28. The summed E-state index contributed by atoms with van der Waals surface area (Å²) in [5.41, 5.74) is 1.25. The number of benzene rings is 3. The molecule has 0 spiro atoms. The van der Waals surface area contributed by atoms with Gasteiger partial charge in [0.25, 0.3) is 0 Å². The summed E-state index contributed by atoms with van der Waals surface area (Å²) in [4.78, 5) is 4.88. The number of piperazine rings is 1. The first kappa shape index (κ1) is 17.2. The Balaban J connectivity index is 1.25. The number of ether oxygens (including phenoxy) is 1. The molecule has 0 radical (unpaired) electrons. The van der Waals surface area contributed by atoms with Gasteiger partial charge in [-0.15, -0.1) is 0 Å². The van der Waals surface area contributed by atoms with Crippen LogP contribution in [-0.2, 0) is 0 Å². The second-order valence-corrected chi connectivity index (χ2v) is 7.10. The van der Waals surface area contributed by atoms with E-state index in [1.165, 1.54) is 16.5 Å². The predicted molar refractivity (Wildman–Crippen MR) is 110 cm³/mol. The molecule has 0 bridgehead atoms. The van der Waals surface area contributed by atoms with Crippen LogP contribution in [0.5, 0.6) is 5.75 Å². The predicted octanol–water partition coefficient (Wildman–Crippen LogP) is 4.69. The van der Waals surface area contributed by atoms with E-state index in [-0.39, 0.29) is 0 Å². The van der Waals surface area contributed by atoms with Crippen molar-refractivity contribution >= 4 is 28.1 Å². The molecular formula is C22H23ClN2O. The van der Waals surface area contributed by atoms with Gasteiger partial charge in [-0.05, 0) is 47.2 Å². The average Bonchev–Trinajstić information content (AvgIpc) is 2.69. The van der Waals surface area contributed by atoms with E-state index in [0.717, 1.165) is 50.1 Å². The number of anilines is 1. The lowest BCUT2D eigenvalue weighted by Gasteiger charge is -2.36. The maximum absolute atomic E-state index is 5.97. The summed E-state index contributed by atoms with van der Waals surface area (Å²) in [6.45, 7) is 5.88. The van der Waals surface area contributed by atoms with Gasteiger partial charge in [0, 0.05) is 43.4 Å². The highest BCUT2D eigenvalue weighted by Crippen LogP contribution is 2.21. The first-order chi connectivity index (χ1) is 12.8. The molecule has 3 nitrogen and oxygen atoms in total. The summed E-state index contributed by atoms with van der Waals surface area (Å²) in [6, 6.07) is 22.8. The summed E-state index contributed by atoms with van der Waals surface area (Å²) in [7, 11) is 0. The van der Waals surface area contributed by atoms with E-state index in [9.17, 15) is 0 Å². The molecular weight excluding hydrogens is 344 g/mol. The Morgan fingerprint density at radius 3 is 2.31 bits per heavy atom. The molecule has 3 aromatic rings. The van der Waals surface area contributed by atoms with Crippen molar-refractivity contribution < 1.29 is 4.74 Å². The van der Waals surface area contributed by atoms with Gasteiger partial charge in [0.1, 0.15) is 12.4 Å². The Morgan fingerprint density at radius 1 is 0.808 bits per heavy atom. The average molecular weight is 367 g/mol. The third kappa shape index (κ3) is 4.12. The lowest BCUT2D eigenvalue weighted by Crippen LogP contribution is -2.47. The molecule has 1 saturated heterocycles. The van der Waals surface area contributed by atoms with Gasteiger partial charge in [-0.2, -0.15) is 0 Å². The second kappa shape index (κ2) is 7.98. The minimum atomic E-state index is 0.722. The molecule has 4 rings (SSSR count). The van der Waals surface area contributed by atoms with Crippen LogP contribution in [0.1, 0.15) is 0 Å². The number of nitrogens with zero attached hydrogens (tertiary/aromatic N) is 2. The van der Waals surface area contributed by atoms with Crippen molar-refractivity contribution in [2.24, 2.45) is 0 Å². The summed E-state index contributed by atoms with van der Waals surface area (Å²) >= 11 is 5.97. The van der Waals surface area contributed by atoms with Gasteiger partial charge in [0.2, 0.25) is 0 Å². The van der Waals surface area contributed by atoms with E-state index in [4.69, 9.17) is 16.3 Å². The molecule has 0 N–H and O–H groups in total. The molecule has 1 aliphatic heterocycles. The van der Waals surface area contributed by atoms with Gasteiger partial charge in [-0.25, -0.2) is 0 Å². The molecule has 0 amide bonds. The quantitative estimate of drug-likeness (QED) is 0.651. The second-order valence-electron chi connectivity index (χ2n) is 6.66. The van der Waals surface area contributed by atoms with Crippen molar-refractivity contribution in [3.05, 3.63) is 71.8 Å². The van der Waals surface area contributed by atoms with Crippen LogP contribution >= 0.6 is 11.6 Å². The van der Waals surface area contributed by atoms with Crippen molar-refractivity contribution in [1.82, 2.24) is 4.90 Å². The summed E-state index contributed by atoms with van der Waals surface area (Å²) < 4.78 is 5.97. The molecule has 4 heteroatoms. The zero-order valence-corrected chi connectivity index (χ0v) is 15.5. The van der Waals surface area contributed by atoms with Crippen molar-refractivity contribution in [2.45, 2.75) is 0 Å². The Morgan fingerprint density at radius 2 is 1.54 bits per heavy atom. The SMILES string of the molecule is Clc1ccc(N2CCN(CCOc3ccc4ccccc4c3)CC2)cc1. The maximum Gasteiger partial charge on any atom is 0.120 e. The highest BCUT2D eigenvalue weighted by molar-refractivity contribution is 6.30. The lowest BCUT2D eigenvalue weighted by atomic mass is 10.1. The van der Waals surface area contributed by atoms with Crippen molar-refractivity contribution in [3.63, 3.8) is 0 Å². The zero-order chi connectivity index (χ0) is 17.8. The fraction of sp³-hybridized carbons (Fsp3) is 0.273. The molecule has 0 atom stereocenters. The Hall–Kier alpha value is -2.23. The summed E-state index contributed by atoms with van der Waals surface area (Å²) in [5, 5.41) is 3.26. The van der Waals surface area contributed by atoms with E-state index in [1.54, 1.807) is 0 Å². The molecule has 0 unspecified atom stereocenters. The fourth-order valence-electron chi connectivity index (χ4n) is 3.43. The van der Waals surface area contributed by atoms with Crippen LogP contribution in [0.4, 0.5) is 5.69 Å². The lowest BCUT2D eigenvalue weighted by molar-refractivity contribution is 0.200. The van der Waals surface area contributed by atoms with E-state index in [2.05, 4.69) is 64.4 Å². The molecule has 134 valence electrons. The van der Waals surface area contributed by atoms with Crippen molar-refractivity contribution in [2.75, 3.05) is 44.2 Å². The number of hydrogen-bond donors (Lipinski definition) is 0. The third-order valence-corrected chi connectivity index (χ3v) is 5.21. The summed E-state index contributed by atoms with van der Waals surface area (Å²) in [6.07, 6.45) is 0. The molecule has 26 heavy (non-hydrogen) atoms. The van der Waals surface area contributed by atoms with Gasteiger partial charge in [0.15, 0.2) is 0 Å². The highest BCUT2D eigenvalue weighted by Gasteiger charge is 2.16. The van der Waals surface area contributed by atoms with Crippen molar-refractivity contribution in [3.8, 4) is 5.75 Å². The van der Waals surface area contributed by atoms with Crippen LogP contribution in [-0.4, -0.2) is 44.2 Å². The largest absolute Gasteiger partial charge is 0.492 e. The Labute approximate surface area is 159 Å². The third-order valence-electron chi connectivity index (χ3n) is 4.96. The Bertz CT molecular complexity index is 857. The van der Waals surface area contributed by atoms with Gasteiger partial charge >= 0.3 is 0 Å². The summed E-state index contributed by atoms with van der Waals surface area (Å²) in [5.74, 6) is 0.948. The smallest absolute Gasteiger partial charge is 0.120 e. The number of halogens is 1. The first-order valence-electron chi connectivity index (χ1n) is 9.12. The van der Waals surface area contributed by atoms with Crippen LogP contribution in [0.3, 0.4) is 0 Å². The van der Waals surface area contributed by atoms with Crippen LogP contribution in [0.2, 0.25) is 5.02 Å². The molecule has 0 saturated carbocycles. The molecule has 1 aliphatic rings. The van der Waals surface area contributed by atoms with Crippen LogP contribution in [0.25, 0.3) is 10.8 Å². The van der Waals surface area contributed by atoms with Gasteiger partial charge in [-0.3, -0.25) is 4.90 Å². The van der Waals surface area contributed by atoms with E-state index in [0.29, 0.717) is 0 Å². The van der Waals surface area contributed by atoms with Gasteiger partial charge in [-0.1, -0.05) is 41.9 Å². The molecule has 0 aliphatic carbocycles. The van der Waals surface area contributed by atoms with E-state index < -0.39 is 0 Å². The number of fused-ring (bicyclic) bond motifs is 1. The number of rotatable bonds is 5. The first-order valence-corrected chi connectivity index (χ1v) is 9.50. The molecule has 1 fully saturated rings. The number of hydrogen-bond acceptors (Lipinski definition) is 3. The standard InChI is InChI=1S/C22H23ClN2O/c23-20-6-8-21(9-7-20)25-13-11-24(12-14-25)15-16-26-22-10-5-18-3-1-2-4-19(18)17-22/h1-10,17H,11-16H2.